The summed E-state index contributed by atoms with van der Waals surface area (Å²) >= 11 is 0. The minimum atomic E-state index is 0.828. The average Bonchev–Trinajstić information content (AvgIpc) is 2.72. The van der Waals surface area contributed by atoms with Gasteiger partial charge in [0.1, 0.15) is 5.75 Å². The van der Waals surface area contributed by atoms with E-state index in [0.717, 1.165) is 24.7 Å². The number of likely N-dealkylation sites (tertiary alicyclic amines) is 1. The summed E-state index contributed by atoms with van der Waals surface area (Å²) in [5.41, 5.74) is 0. The number of hydrogen-bond donors (Lipinski definition) is 0. The Labute approximate surface area is 98.2 Å². The lowest BCUT2D eigenvalue weighted by atomic mass is 10.2. The lowest BCUT2D eigenvalue weighted by Crippen LogP contribution is -2.22. The molecule has 1 aliphatic rings. The van der Waals surface area contributed by atoms with Crippen LogP contribution in [0.1, 0.15) is 19.8 Å². The fraction of sp³-hybridized carbons (Fsp3) is 0.571. The molecule has 0 saturated carbocycles. The summed E-state index contributed by atoms with van der Waals surface area (Å²) in [5.74, 6) is 1.87. The minimum Gasteiger partial charge on any atom is -0.494 e. The third-order valence-electron chi connectivity index (χ3n) is 3.14. The standard InChI is InChI=1S/C14H21NO/c1-13-8-10-15(12-13)9-5-11-16-14-6-3-2-4-7-14/h2-4,6-7,13H,5,8-12H2,1H3/t13-/m1/s1. The van der Waals surface area contributed by atoms with Crippen LogP contribution in [0.5, 0.6) is 5.75 Å². The van der Waals surface area contributed by atoms with Gasteiger partial charge in [0.25, 0.3) is 0 Å². The molecule has 16 heavy (non-hydrogen) atoms. The predicted octanol–water partition coefficient (Wildman–Crippen LogP) is 2.80. The van der Waals surface area contributed by atoms with Crippen molar-refractivity contribution < 1.29 is 4.74 Å². The third kappa shape index (κ3) is 3.53. The van der Waals surface area contributed by atoms with E-state index in [1.807, 2.05) is 30.3 Å². The molecule has 1 aromatic carbocycles. The molecule has 1 fully saturated rings. The summed E-state index contributed by atoms with van der Waals surface area (Å²) in [6.45, 7) is 6.88. The van der Waals surface area contributed by atoms with Crippen LogP contribution in [0.3, 0.4) is 0 Å². The van der Waals surface area contributed by atoms with E-state index in [2.05, 4.69) is 11.8 Å². The van der Waals surface area contributed by atoms with Crippen LogP contribution in [-0.2, 0) is 0 Å². The number of ether oxygens (including phenoxy) is 1. The molecule has 0 spiro atoms. The molecular formula is C14H21NO. The number of para-hydroxylation sites is 1. The zero-order valence-electron chi connectivity index (χ0n) is 10.1. The van der Waals surface area contributed by atoms with Gasteiger partial charge in [0.15, 0.2) is 0 Å². The van der Waals surface area contributed by atoms with Crippen molar-refractivity contribution in [3.05, 3.63) is 30.3 Å². The lowest BCUT2D eigenvalue weighted by molar-refractivity contribution is 0.259. The number of nitrogens with zero attached hydrogens (tertiary/aromatic N) is 1. The molecule has 0 N–H and O–H groups in total. The summed E-state index contributed by atoms with van der Waals surface area (Å²) in [6.07, 6.45) is 2.49. The van der Waals surface area contributed by atoms with Crippen LogP contribution < -0.4 is 4.74 Å². The third-order valence-corrected chi connectivity index (χ3v) is 3.14. The van der Waals surface area contributed by atoms with Gasteiger partial charge in [-0.15, -0.1) is 0 Å². The Morgan fingerprint density at radius 1 is 1.31 bits per heavy atom. The van der Waals surface area contributed by atoms with Crippen molar-refractivity contribution in [1.82, 2.24) is 4.90 Å². The van der Waals surface area contributed by atoms with Gasteiger partial charge in [0.05, 0.1) is 6.61 Å². The summed E-state index contributed by atoms with van der Waals surface area (Å²) in [4.78, 5) is 2.54. The molecule has 0 aromatic heterocycles. The van der Waals surface area contributed by atoms with Gasteiger partial charge in [-0.2, -0.15) is 0 Å². The van der Waals surface area contributed by atoms with Gasteiger partial charge in [-0.1, -0.05) is 25.1 Å². The topological polar surface area (TPSA) is 12.5 Å². The Kier molecular flexibility index (Phi) is 4.23. The van der Waals surface area contributed by atoms with E-state index in [1.54, 1.807) is 0 Å². The molecule has 2 rings (SSSR count). The van der Waals surface area contributed by atoms with E-state index in [-0.39, 0.29) is 0 Å². The highest BCUT2D eigenvalue weighted by molar-refractivity contribution is 5.20. The summed E-state index contributed by atoms with van der Waals surface area (Å²) < 4.78 is 5.67. The second-order valence-corrected chi connectivity index (χ2v) is 4.71. The van der Waals surface area contributed by atoms with Gasteiger partial charge in [0, 0.05) is 13.1 Å². The molecule has 2 nitrogen and oxygen atoms in total. The van der Waals surface area contributed by atoms with E-state index in [9.17, 15) is 0 Å². The van der Waals surface area contributed by atoms with Crippen LogP contribution in [0.2, 0.25) is 0 Å². The fourth-order valence-corrected chi connectivity index (χ4v) is 2.22. The van der Waals surface area contributed by atoms with Crippen molar-refractivity contribution in [3.63, 3.8) is 0 Å². The van der Waals surface area contributed by atoms with Gasteiger partial charge in [0.2, 0.25) is 0 Å². The second kappa shape index (κ2) is 5.90. The predicted molar refractivity (Wildman–Crippen MR) is 66.8 cm³/mol. The van der Waals surface area contributed by atoms with E-state index in [4.69, 9.17) is 4.74 Å². The van der Waals surface area contributed by atoms with Gasteiger partial charge < -0.3 is 9.64 Å². The van der Waals surface area contributed by atoms with Crippen molar-refractivity contribution in [2.75, 3.05) is 26.2 Å². The first-order valence-electron chi connectivity index (χ1n) is 6.25. The zero-order valence-corrected chi connectivity index (χ0v) is 10.1. The van der Waals surface area contributed by atoms with Crippen molar-refractivity contribution in [2.45, 2.75) is 19.8 Å². The van der Waals surface area contributed by atoms with E-state index >= 15 is 0 Å². The van der Waals surface area contributed by atoms with Crippen LogP contribution in [0.15, 0.2) is 30.3 Å². The quantitative estimate of drug-likeness (QED) is 0.706. The van der Waals surface area contributed by atoms with Crippen molar-refractivity contribution in [3.8, 4) is 5.75 Å². The van der Waals surface area contributed by atoms with Crippen LogP contribution >= 0.6 is 0 Å². The highest BCUT2D eigenvalue weighted by atomic mass is 16.5. The maximum absolute atomic E-state index is 5.67. The molecular weight excluding hydrogens is 198 g/mol. The normalized spacial score (nSPS) is 21.2. The highest BCUT2D eigenvalue weighted by Gasteiger charge is 2.17. The first-order chi connectivity index (χ1) is 7.84. The molecule has 1 heterocycles. The molecule has 2 heteroatoms. The molecule has 0 radical (unpaired) electrons. The van der Waals surface area contributed by atoms with E-state index in [0.29, 0.717) is 0 Å². The summed E-state index contributed by atoms with van der Waals surface area (Å²) in [7, 11) is 0. The molecule has 88 valence electrons. The van der Waals surface area contributed by atoms with Crippen LogP contribution in [-0.4, -0.2) is 31.1 Å². The van der Waals surface area contributed by atoms with E-state index < -0.39 is 0 Å². The Hall–Kier alpha value is -1.02. The molecule has 1 atom stereocenters. The average molecular weight is 219 g/mol. The SMILES string of the molecule is C[C@@H]1CCN(CCCOc2ccccc2)C1. The minimum absolute atomic E-state index is 0.828. The van der Waals surface area contributed by atoms with Crippen molar-refractivity contribution >= 4 is 0 Å². The molecule has 0 aliphatic carbocycles. The highest BCUT2D eigenvalue weighted by Crippen LogP contribution is 2.15. The fourth-order valence-electron chi connectivity index (χ4n) is 2.22. The Balaban J connectivity index is 1.59. The van der Waals surface area contributed by atoms with Gasteiger partial charge >= 0.3 is 0 Å². The molecule has 0 unspecified atom stereocenters. The Morgan fingerprint density at radius 2 is 2.12 bits per heavy atom. The largest absolute Gasteiger partial charge is 0.494 e. The number of hydrogen-bond acceptors (Lipinski definition) is 2. The molecule has 1 saturated heterocycles. The smallest absolute Gasteiger partial charge is 0.119 e. The van der Waals surface area contributed by atoms with Crippen LogP contribution in [0.4, 0.5) is 0 Å². The molecule has 0 bridgehead atoms. The number of benzene rings is 1. The maximum Gasteiger partial charge on any atom is 0.119 e. The van der Waals surface area contributed by atoms with Crippen LogP contribution in [0.25, 0.3) is 0 Å². The van der Waals surface area contributed by atoms with Gasteiger partial charge in [-0.25, -0.2) is 0 Å². The first kappa shape index (κ1) is 11.5. The second-order valence-electron chi connectivity index (χ2n) is 4.71. The summed E-state index contributed by atoms with van der Waals surface area (Å²) in [5, 5.41) is 0. The van der Waals surface area contributed by atoms with Gasteiger partial charge in [-0.3, -0.25) is 0 Å². The number of rotatable bonds is 5. The summed E-state index contributed by atoms with van der Waals surface area (Å²) in [6, 6.07) is 10.1. The first-order valence-corrected chi connectivity index (χ1v) is 6.25. The van der Waals surface area contributed by atoms with Gasteiger partial charge in [-0.05, 0) is 37.4 Å². The van der Waals surface area contributed by atoms with Crippen molar-refractivity contribution in [2.24, 2.45) is 5.92 Å². The molecule has 1 aromatic rings. The Morgan fingerprint density at radius 3 is 2.81 bits per heavy atom. The lowest BCUT2D eigenvalue weighted by Gasteiger charge is -2.15. The van der Waals surface area contributed by atoms with Crippen LogP contribution in [0, 0.1) is 5.92 Å². The Bertz CT molecular complexity index is 299. The zero-order chi connectivity index (χ0) is 11.2. The molecule has 1 aliphatic heterocycles. The van der Waals surface area contributed by atoms with E-state index in [1.165, 1.54) is 26.1 Å². The van der Waals surface area contributed by atoms with Crippen molar-refractivity contribution in [1.29, 1.82) is 0 Å². The molecule has 0 amide bonds. The maximum atomic E-state index is 5.67. The monoisotopic (exact) mass is 219 g/mol.